The van der Waals surface area contributed by atoms with Crippen LogP contribution in [0, 0.1) is 11.6 Å². The van der Waals surface area contributed by atoms with Gasteiger partial charge in [-0.2, -0.15) is 0 Å². The molecule has 2 rings (SSSR count). The highest BCUT2D eigenvalue weighted by Gasteiger charge is 2.37. The van der Waals surface area contributed by atoms with Crippen LogP contribution in [0.2, 0.25) is 0 Å². The highest BCUT2D eigenvalue weighted by Crippen LogP contribution is 2.34. The number of hydrogen-bond acceptors (Lipinski definition) is 3. The van der Waals surface area contributed by atoms with E-state index >= 15 is 0 Å². The molecule has 1 fully saturated rings. The van der Waals surface area contributed by atoms with Crippen LogP contribution >= 0.6 is 0 Å². The number of nitrogens with one attached hydrogen (secondary N) is 1. The van der Waals surface area contributed by atoms with Gasteiger partial charge >= 0.3 is 0 Å². The van der Waals surface area contributed by atoms with Gasteiger partial charge in [0.05, 0.1) is 5.60 Å². The first-order valence-corrected chi connectivity index (χ1v) is 6.05. The normalized spacial score (nSPS) is 16.8. The van der Waals surface area contributed by atoms with Gasteiger partial charge in [-0.25, -0.2) is 8.78 Å². The quantitative estimate of drug-likeness (QED) is 0.821. The molecule has 1 saturated carbocycles. The van der Waals surface area contributed by atoms with Crippen LogP contribution in [0.1, 0.15) is 29.6 Å². The molecule has 1 aliphatic carbocycles. The van der Waals surface area contributed by atoms with Crippen molar-refractivity contribution >= 4 is 11.6 Å². The van der Waals surface area contributed by atoms with E-state index in [9.17, 15) is 13.6 Å². The summed E-state index contributed by atoms with van der Waals surface area (Å²) in [5.41, 5.74) is 4.14. The average Bonchev–Trinajstić information content (AvgIpc) is 2.34. The van der Waals surface area contributed by atoms with Crippen LogP contribution in [0.15, 0.2) is 12.1 Å². The molecular weight excluding hydrogens is 254 g/mol. The fourth-order valence-electron chi connectivity index (χ4n) is 2.08. The molecule has 0 heterocycles. The molecule has 0 atom stereocenters. The van der Waals surface area contributed by atoms with Crippen molar-refractivity contribution < 1.29 is 18.3 Å². The molecule has 3 N–H and O–H groups in total. The maximum atomic E-state index is 13.2. The van der Waals surface area contributed by atoms with E-state index in [1.54, 1.807) is 7.11 Å². The van der Waals surface area contributed by atoms with Gasteiger partial charge in [0.1, 0.15) is 17.3 Å². The molecule has 0 spiro atoms. The van der Waals surface area contributed by atoms with E-state index in [1.165, 1.54) is 0 Å². The number of nitrogen functional groups attached to an aromatic ring is 1. The highest BCUT2D eigenvalue weighted by molar-refractivity contribution is 5.94. The zero-order valence-electron chi connectivity index (χ0n) is 10.6. The summed E-state index contributed by atoms with van der Waals surface area (Å²) in [5, 5.41) is 2.63. The predicted molar refractivity (Wildman–Crippen MR) is 66.7 cm³/mol. The maximum Gasteiger partial charge on any atom is 0.251 e. The molecule has 1 aromatic carbocycles. The molecule has 0 bridgehead atoms. The molecule has 6 heteroatoms. The Morgan fingerprint density at radius 3 is 2.42 bits per heavy atom. The van der Waals surface area contributed by atoms with E-state index in [-0.39, 0.29) is 11.2 Å². The van der Waals surface area contributed by atoms with Gasteiger partial charge in [-0.05, 0) is 31.4 Å². The summed E-state index contributed by atoms with van der Waals surface area (Å²) in [5.74, 6) is -2.41. The number of rotatable bonds is 4. The minimum Gasteiger partial charge on any atom is -0.394 e. The van der Waals surface area contributed by atoms with Crippen molar-refractivity contribution in [2.75, 3.05) is 19.4 Å². The fraction of sp³-hybridized carbons (Fsp3) is 0.462. The van der Waals surface area contributed by atoms with Crippen LogP contribution in [0.25, 0.3) is 0 Å². The Morgan fingerprint density at radius 1 is 1.42 bits per heavy atom. The minimum absolute atomic E-state index is 0.0882. The lowest BCUT2D eigenvalue weighted by molar-refractivity contribution is -0.0679. The van der Waals surface area contributed by atoms with Crippen molar-refractivity contribution in [1.29, 1.82) is 0 Å². The number of methoxy groups -OCH3 is 1. The van der Waals surface area contributed by atoms with Crippen molar-refractivity contribution in [3.63, 3.8) is 0 Å². The van der Waals surface area contributed by atoms with Gasteiger partial charge in [-0.3, -0.25) is 4.79 Å². The van der Waals surface area contributed by atoms with Crippen molar-refractivity contribution in [3.05, 3.63) is 29.3 Å². The lowest BCUT2D eigenvalue weighted by Gasteiger charge is -2.40. The third-order valence-electron chi connectivity index (χ3n) is 3.61. The van der Waals surface area contributed by atoms with E-state index in [1.807, 2.05) is 0 Å². The predicted octanol–water partition coefficient (Wildman–Crippen LogP) is 1.85. The lowest BCUT2D eigenvalue weighted by Crippen LogP contribution is -2.49. The van der Waals surface area contributed by atoms with Gasteiger partial charge in [0.2, 0.25) is 0 Å². The first kappa shape index (κ1) is 13.7. The second-order valence-corrected chi connectivity index (χ2v) is 4.78. The number of ether oxygens (including phenoxy) is 1. The smallest absolute Gasteiger partial charge is 0.251 e. The number of carbonyl (C=O) groups excluding carboxylic acids is 1. The number of amides is 1. The van der Waals surface area contributed by atoms with E-state index in [2.05, 4.69) is 5.32 Å². The molecule has 4 nitrogen and oxygen atoms in total. The molecule has 19 heavy (non-hydrogen) atoms. The van der Waals surface area contributed by atoms with Crippen LogP contribution in [0.5, 0.6) is 0 Å². The van der Waals surface area contributed by atoms with E-state index in [4.69, 9.17) is 10.5 Å². The standard InChI is InChI=1S/C13H16F2N2O2/c1-19-13(3-2-4-13)7-17-12(18)8-5-9(14)11(16)10(15)6-8/h5-6H,2-4,7,16H2,1H3,(H,17,18). The van der Waals surface area contributed by atoms with Crippen molar-refractivity contribution in [1.82, 2.24) is 5.32 Å². The molecular formula is C13H16F2N2O2. The Bertz CT molecular complexity index is 473. The fourth-order valence-corrected chi connectivity index (χ4v) is 2.08. The third-order valence-corrected chi connectivity index (χ3v) is 3.61. The number of anilines is 1. The summed E-state index contributed by atoms with van der Waals surface area (Å²) in [6.07, 6.45) is 2.79. The van der Waals surface area contributed by atoms with Crippen molar-refractivity contribution in [3.8, 4) is 0 Å². The van der Waals surface area contributed by atoms with Gasteiger partial charge in [0.15, 0.2) is 0 Å². The molecule has 0 saturated heterocycles. The van der Waals surface area contributed by atoms with E-state index in [0.717, 1.165) is 31.4 Å². The number of hydrogen-bond donors (Lipinski definition) is 2. The number of nitrogens with two attached hydrogens (primary N) is 1. The zero-order valence-corrected chi connectivity index (χ0v) is 10.6. The summed E-state index contributed by atoms with van der Waals surface area (Å²) in [7, 11) is 1.59. The zero-order chi connectivity index (χ0) is 14.0. The van der Waals surface area contributed by atoms with Gasteiger partial charge in [0.25, 0.3) is 5.91 Å². The van der Waals surface area contributed by atoms with E-state index < -0.39 is 23.2 Å². The molecule has 0 aliphatic heterocycles. The Hall–Kier alpha value is -1.69. The average molecular weight is 270 g/mol. The lowest BCUT2D eigenvalue weighted by atomic mass is 9.80. The molecule has 104 valence electrons. The summed E-state index contributed by atoms with van der Waals surface area (Å²) in [4.78, 5) is 11.8. The van der Waals surface area contributed by atoms with Crippen molar-refractivity contribution in [2.45, 2.75) is 24.9 Å². The molecule has 1 aromatic rings. The van der Waals surface area contributed by atoms with Crippen LogP contribution in [0.3, 0.4) is 0 Å². The van der Waals surface area contributed by atoms with Crippen LogP contribution < -0.4 is 11.1 Å². The molecule has 1 amide bonds. The summed E-state index contributed by atoms with van der Waals surface area (Å²) in [6.45, 7) is 0.329. The summed E-state index contributed by atoms with van der Waals surface area (Å²) < 4.78 is 31.8. The minimum atomic E-state index is -0.935. The van der Waals surface area contributed by atoms with Crippen LogP contribution in [-0.4, -0.2) is 25.2 Å². The Kier molecular flexibility index (Phi) is 3.71. The molecule has 0 unspecified atom stereocenters. The first-order valence-electron chi connectivity index (χ1n) is 6.05. The largest absolute Gasteiger partial charge is 0.394 e. The first-order chi connectivity index (χ1) is 8.97. The number of carbonyl (C=O) groups is 1. The van der Waals surface area contributed by atoms with Gasteiger partial charge in [-0.1, -0.05) is 0 Å². The maximum absolute atomic E-state index is 13.2. The number of benzene rings is 1. The third kappa shape index (κ3) is 2.68. The highest BCUT2D eigenvalue weighted by atomic mass is 19.1. The Morgan fingerprint density at radius 2 is 2.00 bits per heavy atom. The summed E-state index contributed by atoms with van der Waals surface area (Å²) in [6, 6.07) is 1.85. The van der Waals surface area contributed by atoms with Crippen LogP contribution in [-0.2, 0) is 4.74 Å². The topological polar surface area (TPSA) is 64.3 Å². The number of halogens is 2. The molecule has 0 radical (unpaired) electrons. The van der Waals surface area contributed by atoms with E-state index in [0.29, 0.717) is 6.54 Å². The second-order valence-electron chi connectivity index (χ2n) is 4.78. The second kappa shape index (κ2) is 5.13. The SMILES string of the molecule is COC1(CNC(=O)c2cc(F)c(N)c(F)c2)CCC1. The molecule has 1 aliphatic rings. The van der Waals surface area contributed by atoms with Crippen LogP contribution in [0.4, 0.5) is 14.5 Å². The Balaban J connectivity index is 2.04. The van der Waals surface area contributed by atoms with Crippen molar-refractivity contribution in [2.24, 2.45) is 0 Å². The van der Waals surface area contributed by atoms with Gasteiger partial charge < -0.3 is 15.8 Å². The Labute approximate surface area is 109 Å². The summed E-state index contributed by atoms with van der Waals surface area (Å²) >= 11 is 0. The molecule has 0 aromatic heterocycles. The van der Waals surface area contributed by atoms with Gasteiger partial charge in [-0.15, -0.1) is 0 Å². The monoisotopic (exact) mass is 270 g/mol. The van der Waals surface area contributed by atoms with Gasteiger partial charge in [0, 0.05) is 19.2 Å².